The molecule has 0 rings (SSSR count). The molecule has 0 aliphatic carbocycles. The highest BCUT2D eigenvalue weighted by Crippen LogP contribution is 2.43. The molecular formula is C46H89NO8P+. The second kappa shape index (κ2) is 39.0. The molecule has 10 heteroatoms. The van der Waals surface area contributed by atoms with Crippen LogP contribution in [0.5, 0.6) is 0 Å². The van der Waals surface area contributed by atoms with Gasteiger partial charge in [0.2, 0.25) is 0 Å². The first-order valence-corrected chi connectivity index (χ1v) is 24.6. The molecule has 0 aromatic heterocycles. The summed E-state index contributed by atoms with van der Waals surface area (Å²) in [5.74, 6) is -0.854. The van der Waals surface area contributed by atoms with E-state index in [1.807, 2.05) is 27.2 Å². The lowest BCUT2D eigenvalue weighted by Crippen LogP contribution is -2.37. The third-order valence-corrected chi connectivity index (χ3v) is 11.0. The van der Waals surface area contributed by atoms with Gasteiger partial charge in [0, 0.05) is 12.8 Å². The van der Waals surface area contributed by atoms with E-state index < -0.39 is 32.5 Å². The number of ether oxygens (including phenoxy) is 2. The molecule has 0 aromatic carbocycles. The SMILES string of the molecule is CCCCCCCC/C=C/CCCCCCCCCC(=O)O[C@H](COC(=O)CC/C=C/CCCCCCCCCCCCC)COP(=O)(O)OCC[N+](C)(C)C. The molecule has 1 N–H and O–H groups in total. The predicted octanol–water partition coefficient (Wildman–Crippen LogP) is 13.1. The van der Waals surface area contributed by atoms with Gasteiger partial charge in [-0.2, -0.15) is 0 Å². The van der Waals surface area contributed by atoms with E-state index in [1.165, 1.54) is 128 Å². The summed E-state index contributed by atoms with van der Waals surface area (Å²) in [6, 6.07) is 0. The first-order chi connectivity index (χ1) is 27.0. The summed E-state index contributed by atoms with van der Waals surface area (Å²) >= 11 is 0. The van der Waals surface area contributed by atoms with Gasteiger partial charge in [0.25, 0.3) is 0 Å². The first kappa shape index (κ1) is 54.5. The van der Waals surface area contributed by atoms with Crippen LogP contribution in [0.25, 0.3) is 0 Å². The van der Waals surface area contributed by atoms with Crippen molar-refractivity contribution in [1.29, 1.82) is 0 Å². The maximum absolute atomic E-state index is 12.7. The maximum atomic E-state index is 12.7. The van der Waals surface area contributed by atoms with E-state index in [2.05, 4.69) is 32.1 Å². The van der Waals surface area contributed by atoms with Crippen molar-refractivity contribution in [2.45, 2.75) is 213 Å². The standard InChI is InChI=1S/C46H88NO8P/c1-6-8-10-12-14-16-18-20-22-23-25-27-29-31-33-35-37-39-46(49)55-44(43-54-56(50,51)53-41-40-47(3,4)5)42-52-45(48)38-36-34-32-30-28-26-24-21-19-17-15-13-11-9-7-2/h20,22,32,34,44H,6-19,21,23-31,33,35-43H2,1-5H3/p+1/b22-20+,34-32+/t44-/m1/s1. The van der Waals surface area contributed by atoms with Crippen molar-refractivity contribution in [1.82, 2.24) is 0 Å². The van der Waals surface area contributed by atoms with Crippen LogP contribution in [0.2, 0.25) is 0 Å². The number of allylic oxidation sites excluding steroid dienone is 4. The van der Waals surface area contributed by atoms with Crippen molar-refractivity contribution in [2.75, 3.05) is 47.5 Å². The van der Waals surface area contributed by atoms with E-state index in [9.17, 15) is 19.0 Å². The fraction of sp³-hybridized carbons (Fsp3) is 0.870. The van der Waals surface area contributed by atoms with E-state index in [0.717, 1.165) is 38.5 Å². The lowest BCUT2D eigenvalue weighted by atomic mass is 10.1. The third kappa shape index (κ3) is 42.1. The number of likely N-dealkylation sites (N-methyl/N-ethyl adjacent to an activating group) is 1. The van der Waals surface area contributed by atoms with Gasteiger partial charge < -0.3 is 18.9 Å². The molecule has 0 saturated carbocycles. The van der Waals surface area contributed by atoms with Crippen molar-refractivity contribution in [3.8, 4) is 0 Å². The van der Waals surface area contributed by atoms with Gasteiger partial charge in [-0.05, 0) is 51.4 Å². The zero-order valence-corrected chi connectivity index (χ0v) is 38.0. The zero-order valence-electron chi connectivity index (χ0n) is 37.1. The van der Waals surface area contributed by atoms with Crippen LogP contribution in [-0.2, 0) is 32.7 Å². The van der Waals surface area contributed by atoms with Crippen molar-refractivity contribution in [3.05, 3.63) is 24.3 Å². The molecule has 0 heterocycles. The number of esters is 2. The third-order valence-electron chi connectivity index (χ3n) is 9.97. The highest BCUT2D eigenvalue weighted by Gasteiger charge is 2.27. The minimum atomic E-state index is -4.38. The van der Waals surface area contributed by atoms with E-state index in [-0.39, 0.29) is 26.1 Å². The minimum absolute atomic E-state index is 0.0276. The Labute approximate surface area is 345 Å². The number of hydrogen-bond donors (Lipinski definition) is 1. The van der Waals surface area contributed by atoms with Crippen molar-refractivity contribution in [2.24, 2.45) is 0 Å². The Morgan fingerprint density at radius 1 is 0.536 bits per heavy atom. The topological polar surface area (TPSA) is 108 Å². The Kier molecular flexibility index (Phi) is 37.9. The van der Waals surface area contributed by atoms with Gasteiger partial charge in [-0.3, -0.25) is 18.6 Å². The molecule has 0 aromatic rings. The Balaban J connectivity index is 4.36. The van der Waals surface area contributed by atoms with Gasteiger partial charge in [0.1, 0.15) is 19.8 Å². The van der Waals surface area contributed by atoms with Gasteiger partial charge in [-0.15, -0.1) is 0 Å². The summed E-state index contributed by atoms with van der Waals surface area (Å²) in [7, 11) is 1.46. The molecule has 0 amide bonds. The van der Waals surface area contributed by atoms with Crippen molar-refractivity contribution in [3.63, 3.8) is 0 Å². The Morgan fingerprint density at radius 3 is 1.39 bits per heavy atom. The van der Waals surface area contributed by atoms with Gasteiger partial charge in [-0.1, -0.05) is 167 Å². The van der Waals surface area contributed by atoms with Crippen LogP contribution in [0.3, 0.4) is 0 Å². The van der Waals surface area contributed by atoms with Crippen LogP contribution in [0, 0.1) is 0 Å². The average Bonchev–Trinajstić information content (AvgIpc) is 3.15. The lowest BCUT2D eigenvalue weighted by Gasteiger charge is -2.24. The number of nitrogens with zero attached hydrogens (tertiary/aromatic N) is 1. The number of carbonyl (C=O) groups is 2. The number of unbranched alkanes of at least 4 members (excludes halogenated alkanes) is 24. The van der Waals surface area contributed by atoms with Crippen LogP contribution < -0.4 is 0 Å². The summed E-state index contributed by atoms with van der Waals surface area (Å²) in [5, 5.41) is 0. The van der Waals surface area contributed by atoms with Crippen LogP contribution in [-0.4, -0.2) is 74.9 Å². The number of hydrogen-bond acceptors (Lipinski definition) is 7. The molecule has 330 valence electrons. The van der Waals surface area contributed by atoms with Crippen molar-refractivity contribution >= 4 is 19.8 Å². The smallest absolute Gasteiger partial charge is 0.462 e. The average molecular weight is 815 g/mol. The molecule has 1 unspecified atom stereocenters. The molecule has 0 aliphatic rings. The summed E-state index contributed by atoms with van der Waals surface area (Å²) in [5.41, 5.74) is 0. The molecule has 0 fully saturated rings. The lowest BCUT2D eigenvalue weighted by molar-refractivity contribution is -0.870. The Hall–Kier alpha value is -1.51. The van der Waals surface area contributed by atoms with Gasteiger partial charge in [0.05, 0.1) is 27.7 Å². The van der Waals surface area contributed by atoms with E-state index in [1.54, 1.807) is 0 Å². The molecule has 0 saturated heterocycles. The van der Waals surface area contributed by atoms with Crippen molar-refractivity contribution < 1.29 is 42.1 Å². The van der Waals surface area contributed by atoms with Gasteiger partial charge in [0.15, 0.2) is 6.10 Å². The number of quaternary nitrogens is 1. The highest BCUT2D eigenvalue weighted by molar-refractivity contribution is 7.47. The van der Waals surface area contributed by atoms with E-state index >= 15 is 0 Å². The van der Waals surface area contributed by atoms with E-state index in [4.69, 9.17) is 18.5 Å². The van der Waals surface area contributed by atoms with Crippen LogP contribution in [0.15, 0.2) is 24.3 Å². The quantitative estimate of drug-likeness (QED) is 0.0213. The molecule has 0 spiro atoms. The summed E-state index contributed by atoms with van der Waals surface area (Å²) < 4.78 is 34.3. The van der Waals surface area contributed by atoms with E-state index in [0.29, 0.717) is 23.9 Å². The number of rotatable bonds is 42. The molecule has 0 bridgehead atoms. The number of phosphoric ester groups is 1. The Morgan fingerprint density at radius 2 is 0.946 bits per heavy atom. The number of carbonyl (C=O) groups excluding carboxylic acids is 2. The Bertz CT molecular complexity index is 1010. The van der Waals surface area contributed by atoms with Crippen LogP contribution in [0.1, 0.15) is 206 Å². The summed E-state index contributed by atoms with van der Waals surface area (Å²) in [6.07, 6.45) is 42.3. The monoisotopic (exact) mass is 815 g/mol. The van der Waals surface area contributed by atoms with Crippen LogP contribution in [0.4, 0.5) is 0 Å². The molecule has 0 aliphatic heterocycles. The minimum Gasteiger partial charge on any atom is -0.462 e. The molecule has 2 atom stereocenters. The second-order valence-electron chi connectivity index (χ2n) is 16.8. The molecule has 0 radical (unpaired) electrons. The highest BCUT2D eigenvalue weighted by atomic mass is 31.2. The predicted molar refractivity (Wildman–Crippen MR) is 234 cm³/mol. The first-order valence-electron chi connectivity index (χ1n) is 23.1. The fourth-order valence-corrected chi connectivity index (χ4v) is 7.06. The molecular weight excluding hydrogens is 725 g/mol. The van der Waals surface area contributed by atoms with Gasteiger partial charge in [-0.25, -0.2) is 4.57 Å². The largest absolute Gasteiger partial charge is 0.472 e. The maximum Gasteiger partial charge on any atom is 0.472 e. The fourth-order valence-electron chi connectivity index (χ4n) is 6.32. The van der Waals surface area contributed by atoms with Gasteiger partial charge >= 0.3 is 19.8 Å². The summed E-state index contributed by atoms with van der Waals surface area (Å²) in [6.45, 7) is 4.39. The molecule has 56 heavy (non-hydrogen) atoms. The number of phosphoric acid groups is 1. The van der Waals surface area contributed by atoms with Crippen LogP contribution >= 0.6 is 7.82 Å². The second-order valence-corrected chi connectivity index (χ2v) is 18.2. The normalized spacial score (nSPS) is 13.8. The summed E-state index contributed by atoms with van der Waals surface area (Å²) in [4.78, 5) is 35.4. The molecule has 9 nitrogen and oxygen atoms in total. The zero-order chi connectivity index (χ0) is 41.4.